The Hall–Kier alpha value is -2.29. The van der Waals surface area contributed by atoms with Crippen molar-refractivity contribution in [3.63, 3.8) is 0 Å². The second-order valence-electron chi connectivity index (χ2n) is 22.0. The molecule has 0 saturated carbocycles. The fourth-order valence-electron chi connectivity index (χ4n) is 8.80. The van der Waals surface area contributed by atoms with Crippen molar-refractivity contribution in [1.29, 1.82) is 0 Å². The molecule has 0 bridgehead atoms. The second kappa shape index (κ2) is 55.5. The Morgan fingerprint density at radius 2 is 0.770 bits per heavy atom. The highest BCUT2D eigenvalue weighted by Gasteiger charge is 2.22. The van der Waals surface area contributed by atoms with Crippen LogP contribution in [0.25, 0.3) is 0 Å². The van der Waals surface area contributed by atoms with Crippen LogP contribution < -0.4 is 4.89 Å². The van der Waals surface area contributed by atoms with Gasteiger partial charge in [0.05, 0.1) is 27.7 Å². The molecule has 2 atom stereocenters. The topological polar surface area (TPSA) is 111 Å². The summed E-state index contributed by atoms with van der Waals surface area (Å²) in [7, 11) is 1.18. The number of unbranched alkanes of at least 4 members (excludes halogenated alkanes) is 33. The normalized spacial score (nSPS) is 13.6. The summed E-state index contributed by atoms with van der Waals surface area (Å²) in [4.78, 5) is 37.7. The minimum atomic E-state index is -4.63. The summed E-state index contributed by atoms with van der Waals surface area (Å²) in [6.07, 6.45) is 71.6. The van der Waals surface area contributed by atoms with E-state index in [-0.39, 0.29) is 32.0 Å². The van der Waals surface area contributed by atoms with Gasteiger partial charge in [-0.05, 0) is 57.8 Å². The standard InChI is InChI=1S/C64H118NO8P/c1-6-8-10-12-14-16-18-19-20-21-22-23-24-25-26-27-28-29-30-31-32-33-34-35-36-37-38-39-40-41-42-43-44-45-47-49-51-53-55-57-64(67)73-62(61-72-74(68,69)71-59-58-65(3,4)5)60-70-63(66)56-54-52-50-48-46-17-15-13-11-9-7-2/h8,10,14,16,19-20,22-23,25-26,62H,6-7,9,11-13,15,17-18,21,24,27-61H2,1-5H3/b10-8-,16-14-,20-19-,23-22-,26-25-. The summed E-state index contributed by atoms with van der Waals surface area (Å²) >= 11 is 0. The van der Waals surface area contributed by atoms with E-state index in [1.807, 2.05) is 21.1 Å². The van der Waals surface area contributed by atoms with Crippen LogP contribution in [0.2, 0.25) is 0 Å². The molecule has 0 aromatic carbocycles. The lowest BCUT2D eigenvalue weighted by Gasteiger charge is -2.28. The van der Waals surface area contributed by atoms with E-state index in [2.05, 4.69) is 74.6 Å². The lowest BCUT2D eigenvalue weighted by Crippen LogP contribution is -2.37. The molecule has 432 valence electrons. The van der Waals surface area contributed by atoms with Crippen LogP contribution in [0.1, 0.15) is 284 Å². The van der Waals surface area contributed by atoms with Crippen molar-refractivity contribution < 1.29 is 42.1 Å². The molecule has 0 N–H and O–H groups in total. The maximum atomic E-state index is 12.8. The van der Waals surface area contributed by atoms with Gasteiger partial charge in [-0.25, -0.2) is 0 Å². The first-order valence-electron chi connectivity index (χ1n) is 31.0. The number of hydrogen-bond donors (Lipinski definition) is 0. The molecule has 0 saturated heterocycles. The number of likely N-dealkylation sites (N-methyl/N-ethyl adjacent to an activating group) is 1. The highest BCUT2D eigenvalue weighted by Crippen LogP contribution is 2.38. The van der Waals surface area contributed by atoms with Crippen LogP contribution in [-0.4, -0.2) is 70.0 Å². The molecule has 74 heavy (non-hydrogen) atoms. The van der Waals surface area contributed by atoms with Crippen molar-refractivity contribution in [3.8, 4) is 0 Å². The minimum absolute atomic E-state index is 0.0285. The van der Waals surface area contributed by atoms with Gasteiger partial charge >= 0.3 is 11.9 Å². The number of allylic oxidation sites excluding steroid dienone is 10. The summed E-state index contributed by atoms with van der Waals surface area (Å²) < 4.78 is 34.1. The Morgan fingerprint density at radius 3 is 1.15 bits per heavy atom. The number of rotatable bonds is 57. The van der Waals surface area contributed by atoms with Crippen molar-refractivity contribution in [2.45, 2.75) is 290 Å². The first kappa shape index (κ1) is 71.7. The molecule has 0 radical (unpaired) electrons. The molecular weight excluding hydrogens is 942 g/mol. The quantitative estimate of drug-likeness (QED) is 0.0195. The predicted molar refractivity (Wildman–Crippen MR) is 314 cm³/mol. The van der Waals surface area contributed by atoms with E-state index >= 15 is 0 Å². The van der Waals surface area contributed by atoms with Crippen LogP contribution in [0.3, 0.4) is 0 Å². The highest BCUT2D eigenvalue weighted by atomic mass is 31.2. The third kappa shape index (κ3) is 59.0. The lowest BCUT2D eigenvalue weighted by atomic mass is 10.0. The number of carbonyl (C=O) groups is 2. The highest BCUT2D eigenvalue weighted by molar-refractivity contribution is 7.45. The van der Waals surface area contributed by atoms with Gasteiger partial charge in [0.15, 0.2) is 6.10 Å². The summed E-state index contributed by atoms with van der Waals surface area (Å²) in [6, 6.07) is 0. The fourth-order valence-corrected chi connectivity index (χ4v) is 9.53. The van der Waals surface area contributed by atoms with Gasteiger partial charge in [-0.15, -0.1) is 0 Å². The number of ether oxygens (including phenoxy) is 2. The average molecular weight is 1060 g/mol. The largest absolute Gasteiger partial charge is 0.756 e. The van der Waals surface area contributed by atoms with Crippen molar-refractivity contribution in [3.05, 3.63) is 60.8 Å². The molecule has 0 heterocycles. The fraction of sp³-hybridized carbons (Fsp3) is 0.812. The van der Waals surface area contributed by atoms with Crippen LogP contribution in [0.4, 0.5) is 0 Å². The Labute approximate surface area is 457 Å². The van der Waals surface area contributed by atoms with Gasteiger partial charge < -0.3 is 27.9 Å². The van der Waals surface area contributed by atoms with Crippen LogP contribution in [0, 0.1) is 0 Å². The smallest absolute Gasteiger partial charge is 0.306 e. The van der Waals surface area contributed by atoms with E-state index < -0.39 is 26.5 Å². The van der Waals surface area contributed by atoms with Gasteiger partial charge in [0.25, 0.3) is 7.82 Å². The molecule has 0 rings (SSSR count). The summed E-state index contributed by atoms with van der Waals surface area (Å²) in [5, 5.41) is 0. The van der Waals surface area contributed by atoms with E-state index in [1.165, 1.54) is 186 Å². The maximum absolute atomic E-state index is 12.8. The zero-order valence-electron chi connectivity index (χ0n) is 49.0. The van der Waals surface area contributed by atoms with Crippen LogP contribution in [-0.2, 0) is 32.7 Å². The van der Waals surface area contributed by atoms with Gasteiger partial charge in [0, 0.05) is 12.8 Å². The molecule has 0 aliphatic rings. The number of nitrogens with zero attached hydrogens (tertiary/aromatic N) is 1. The zero-order chi connectivity index (χ0) is 54.2. The first-order chi connectivity index (χ1) is 36.0. The third-order valence-electron chi connectivity index (χ3n) is 13.6. The lowest BCUT2D eigenvalue weighted by molar-refractivity contribution is -0.870. The molecule has 10 heteroatoms. The Morgan fingerprint density at radius 1 is 0.432 bits per heavy atom. The first-order valence-corrected chi connectivity index (χ1v) is 32.5. The molecule has 9 nitrogen and oxygen atoms in total. The van der Waals surface area contributed by atoms with E-state index in [4.69, 9.17) is 18.5 Å². The van der Waals surface area contributed by atoms with Crippen molar-refractivity contribution in [2.75, 3.05) is 47.5 Å². The zero-order valence-corrected chi connectivity index (χ0v) is 49.9. The second-order valence-corrected chi connectivity index (χ2v) is 23.5. The Bertz CT molecular complexity index is 1430. The van der Waals surface area contributed by atoms with Crippen LogP contribution in [0.15, 0.2) is 60.8 Å². The van der Waals surface area contributed by atoms with Gasteiger partial charge in [-0.3, -0.25) is 14.2 Å². The van der Waals surface area contributed by atoms with E-state index in [1.54, 1.807) is 0 Å². The number of phosphoric acid groups is 1. The van der Waals surface area contributed by atoms with Gasteiger partial charge in [-0.1, -0.05) is 274 Å². The minimum Gasteiger partial charge on any atom is -0.756 e. The summed E-state index contributed by atoms with van der Waals surface area (Å²) in [5.41, 5.74) is 0. The van der Waals surface area contributed by atoms with Gasteiger partial charge in [-0.2, -0.15) is 0 Å². The Balaban J connectivity index is 3.87. The van der Waals surface area contributed by atoms with Gasteiger partial charge in [0.1, 0.15) is 19.8 Å². The maximum Gasteiger partial charge on any atom is 0.306 e. The van der Waals surface area contributed by atoms with Crippen molar-refractivity contribution >= 4 is 19.8 Å². The summed E-state index contributed by atoms with van der Waals surface area (Å²) in [6.45, 7) is 4.14. The van der Waals surface area contributed by atoms with Crippen LogP contribution in [0.5, 0.6) is 0 Å². The number of quaternary nitrogens is 1. The monoisotopic (exact) mass is 1060 g/mol. The van der Waals surface area contributed by atoms with Crippen molar-refractivity contribution in [1.82, 2.24) is 0 Å². The number of hydrogen-bond acceptors (Lipinski definition) is 8. The summed E-state index contributed by atoms with van der Waals surface area (Å²) in [5.74, 6) is -0.821. The molecular formula is C64H118NO8P. The van der Waals surface area contributed by atoms with Gasteiger partial charge in [0.2, 0.25) is 0 Å². The number of esters is 2. The molecule has 0 aromatic heterocycles. The van der Waals surface area contributed by atoms with Crippen molar-refractivity contribution in [2.24, 2.45) is 0 Å². The molecule has 0 aromatic rings. The molecule has 0 aliphatic heterocycles. The third-order valence-corrected chi connectivity index (χ3v) is 14.5. The molecule has 0 amide bonds. The van der Waals surface area contributed by atoms with E-state index in [9.17, 15) is 19.0 Å². The molecule has 0 spiro atoms. The predicted octanol–water partition coefficient (Wildman–Crippen LogP) is 18.9. The number of carbonyl (C=O) groups excluding carboxylic acids is 2. The molecule has 0 aliphatic carbocycles. The molecule has 2 unspecified atom stereocenters. The van der Waals surface area contributed by atoms with Crippen LogP contribution >= 0.6 is 7.82 Å². The number of phosphoric ester groups is 1. The SMILES string of the molecule is CC/C=C\C/C=C\C/C=C\C/C=C\C/C=C\CCCCCCCCCCCCCCCCCCCCCCCCCC(=O)OC(COC(=O)CCCCCCCCCCCCC)COP(=O)([O-])OCC[N+](C)(C)C. The van der Waals surface area contributed by atoms with E-state index in [0.29, 0.717) is 17.4 Å². The Kier molecular flexibility index (Phi) is 53.7. The van der Waals surface area contributed by atoms with E-state index in [0.717, 1.165) is 64.2 Å². The average Bonchev–Trinajstić information content (AvgIpc) is 3.36. The molecule has 0 fully saturated rings.